The highest BCUT2D eigenvalue weighted by Crippen LogP contribution is 2.48. The van der Waals surface area contributed by atoms with Crippen LogP contribution in [0, 0.1) is 23.7 Å². The van der Waals surface area contributed by atoms with Crippen LogP contribution in [0.4, 0.5) is 11.4 Å². The highest BCUT2D eigenvalue weighted by atomic mass is 35.5. The van der Waals surface area contributed by atoms with Crippen molar-refractivity contribution in [3.05, 3.63) is 35.4 Å². The number of nitrogens with one attached hydrogen (secondary N) is 2. The fourth-order valence-electron chi connectivity index (χ4n) is 3.88. The van der Waals surface area contributed by atoms with E-state index >= 15 is 0 Å². The van der Waals surface area contributed by atoms with Crippen LogP contribution in [0.25, 0.3) is 0 Å². The number of allylic oxidation sites excluding steroid dienone is 2. The summed E-state index contributed by atoms with van der Waals surface area (Å²) < 4.78 is 0. The first-order chi connectivity index (χ1) is 12.4. The standard InChI is InChI=1S/C19H21ClN2O4/c1-2-3-15(23)21-12-6-7-13(20)14(9-12)22-18(24)16-10-4-5-11(8-10)17(16)19(25)26/h4-7,9-11,16-17H,2-3,8H2,1H3,(H,21,23)(H,22,24)(H,25,26). The van der Waals surface area contributed by atoms with E-state index in [1.807, 2.05) is 19.1 Å². The fourth-order valence-corrected chi connectivity index (χ4v) is 4.05. The third-order valence-electron chi connectivity index (χ3n) is 5.03. The van der Waals surface area contributed by atoms with E-state index in [9.17, 15) is 19.5 Å². The summed E-state index contributed by atoms with van der Waals surface area (Å²) in [7, 11) is 0. The normalized spacial score (nSPS) is 25.9. The molecule has 2 amide bonds. The van der Waals surface area contributed by atoms with Crippen molar-refractivity contribution in [3.63, 3.8) is 0 Å². The molecule has 3 rings (SSSR count). The second-order valence-electron chi connectivity index (χ2n) is 6.82. The molecule has 2 aliphatic carbocycles. The molecule has 138 valence electrons. The molecular weight excluding hydrogens is 356 g/mol. The molecule has 7 heteroatoms. The first kappa shape index (κ1) is 18.5. The average molecular weight is 377 g/mol. The van der Waals surface area contributed by atoms with E-state index in [1.165, 1.54) is 0 Å². The molecule has 0 aliphatic heterocycles. The molecule has 4 atom stereocenters. The van der Waals surface area contributed by atoms with Crippen molar-refractivity contribution in [2.24, 2.45) is 23.7 Å². The van der Waals surface area contributed by atoms with Crippen molar-refractivity contribution in [3.8, 4) is 0 Å². The zero-order valence-corrected chi connectivity index (χ0v) is 15.1. The maximum absolute atomic E-state index is 12.8. The maximum Gasteiger partial charge on any atom is 0.307 e. The second-order valence-corrected chi connectivity index (χ2v) is 7.23. The summed E-state index contributed by atoms with van der Waals surface area (Å²) in [6.45, 7) is 1.91. The van der Waals surface area contributed by atoms with E-state index < -0.39 is 17.8 Å². The predicted molar refractivity (Wildman–Crippen MR) is 99.0 cm³/mol. The molecule has 1 aromatic carbocycles. The first-order valence-corrected chi connectivity index (χ1v) is 9.10. The molecule has 1 aromatic rings. The molecule has 6 nitrogen and oxygen atoms in total. The summed E-state index contributed by atoms with van der Waals surface area (Å²) in [4.78, 5) is 36.1. The molecule has 0 spiro atoms. The van der Waals surface area contributed by atoms with Crippen molar-refractivity contribution >= 4 is 40.8 Å². The van der Waals surface area contributed by atoms with Gasteiger partial charge >= 0.3 is 5.97 Å². The summed E-state index contributed by atoms with van der Waals surface area (Å²) in [5, 5.41) is 15.3. The van der Waals surface area contributed by atoms with E-state index in [2.05, 4.69) is 10.6 Å². The Morgan fingerprint density at radius 3 is 2.50 bits per heavy atom. The third kappa shape index (κ3) is 3.60. The van der Waals surface area contributed by atoms with E-state index in [0.29, 0.717) is 29.2 Å². The SMILES string of the molecule is CCCC(=O)Nc1ccc(Cl)c(NC(=O)C2C3C=CC(C3)C2C(=O)O)c1. The Bertz CT molecular complexity index is 777. The largest absolute Gasteiger partial charge is 0.481 e. The molecule has 1 saturated carbocycles. The van der Waals surface area contributed by atoms with Crippen molar-refractivity contribution in [2.45, 2.75) is 26.2 Å². The van der Waals surface area contributed by atoms with Crippen molar-refractivity contribution in [2.75, 3.05) is 10.6 Å². The van der Waals surface area contributed by atoms with Gasteiger partial charge in [0.1, 0.15) is 0 Å². The van der Waals surface area contributed by atoms with Gasteiger partial charge in [0.05, 0.1) is 22.5 Å². The van der Waals surface area contributed by atoms with E-state index in [4.69, 9.17) is 11.6 Å². The number of hydrogen-bond acceptors (Lipinski definition) is 3. The smallest absolute Gasteiger partial charge is 0.307 e. The number of halogens is 1. The number of hydrogen-bond donors (Lipinski definition) is 3. The van der Waals surface area contributed by atoms with Crippen LogP contribution in [0.2, 0.25) is 5.02 Å². The number of fused-ring (bicyclic) bond motifs is 2. The lowest BCUT2D eigenvalue weighted by atomic mass is 9.82. The van der Waals surface area contributed by atoms with Crippen LogP contribution in [-0.4, -0.2) is 22.9 Å². The van der Waals surface area contributed by atoms with Gasteiger partial charge in [0.25, 0.3) is 0 Å². The predicted octanol–water partition coefficient (Wildman–Crippen LogP) is 3.54. The molecule has 0 heterocycles. The molecule has 0 radical (unpaired) electrons. The number of benzene rings is 1. The Labute approximate surface area is 156 Å². The summed E-state index contributed by atoms with van der Waals surface area (Å²) in [6.07, 6.45) is 5.65. The lowest BCUT2D eigenvalue weighted by Crippen LogP contribution is -2.36. The van der Waals surface area contributed by atoms with Gasteiger partial charge in [0, 0.05) is 12.1 Å². The zero-order valence-electron chi connectivity index (χ0n) is 14.4. The van der Waals surface area contributed by atoms with E-state index in [1.54, 1.807) is 18.2 Å². The average Bonchev–Trinajstić information content (AvgIpc) is 3.19. The van der Waals surface area contributed by atoms with Gasteiger partial charge in [-0.05, 0) is 42.9 Å². The molecule has 2 bridgehead atoms. The first-order valence-electron chi connectivity index (χ1n) is 8.72. The molecule has 1 fully saturated rings. The van der Waals surface area contributed by atoms with Gasteiger partial charge in [0.15, 0.2) is 0 Å². The monoisotopic (exact) mass is 376 g/mol. The number of carbonyl (C=O) groups excluding carboxylic acids is 2. The summed E-state index contributed by atoms with van der Waals surface area (Å²) in [5.74, 6) is -2.90. The van der Waals surface area contributed by atoms with Gasteiger partial charge in [-0.3, -0.25) is 14.4 Å². The minimum absolute atomic E-state index is 0.0627. The molecule has 26 heavy (non-hydrogen) atoms. The van der Waals surface area contributed by atoms with E-state index in [-0.39, 0.29) is 23.7 Å². The van der Waals surface area contributed by atoms with E-state index in [0.717, 1.165) is 6.42 Å². The Morgan fingerprint density at radius 2 is 1.85 bits per heavy atom. The number of carbonyl (C=O) groups is 3. The quantitative estimate of drug-likeness (QED) is 0.661. The van der Waals surface area contributed by atoms with Crippen LogP contribution < -0.4 is 10.6 Å². The number of carboxylic acid groups (broad SMARTS) is 1. The molecule has 2 aliphatic rings. The van der Waals surface area contributed by atoms with Crippen LogP contribution in [0.1, 0.15) is 26.2 Å². The number of anilines is 2. The molecule has 0 saturated heterocycles. The van der Waals surface area contributed by atoms with Crippen LogP contribution >= 0.6 is 11.6 Å². The highest BCUT2D eigenvalue weighted by molar-refractivity contribution is 6.34. The zero-order chi connectivity index (χ0) is 18.8. The van der Waals surface area contributed by atoms with Gasteiger partial charge in [-0.15, -0.1) is 0 Å². The van der Waals surface area contributed by atoms with Crippen molar-refractivity contribution in [1.29, 1.82) is 0 Å². The minimum atomic E-state index is -0.950. The van der Waals surface area contributed by atoms with Crippen LogP contribution in [-0.2, 0) is 14.4 Å². The summed E-state index contributed by atoms with van der Waals surface area (Å²) in [5.41, 5.74) is 0.896. The molecule has 0 aromatic heterocycles. The van der Waals surface area contributed by atoms with Gasteiger partial charge in [-0.25, -0.2) is 0 Å². The molecule has 4 unspecified atom stereocenters. The lowest BCUT2D eigenvalue weighted by Gasteiger charge is -2.24. The van der Waals surface area contributed by atoms with Crippen molar-refractivity contribution < 1.29 is 19.5 Å². The van der Waals surface area contributed by atoms with Gasteiger partial charge < -0.3 is 15.7 Å². The number of carboxylic acids is 1. The van der Waals surface area contributed by atoms with Gasteiger partial charge in [-0.2, -0.15) is 0 Å². The van der Waals surface area contributed by atoms with Gasteiger partial charge in [-0.1, -0.05) is 30.7 Å². The summed E-state index contributed by atoms with van der Waals surface area (Å²) in [6, 6.07) is 4.84. The van der Waals surface area contributed by atoms with Crippen LogP contribution in [0.15, 0.2) is 30.4 Å². The number of amides is 2. The topological polar surface area (TPSA) is 95.5 Å². The van der Waals surface area contributed by atoms with Crippen molar-refractivity contribution in [1.82, 2.24) is 0 Å². The summed E-state index contributed by atoms with van der Waals surface area (Å²) >= 11 is 6.16. The second kappa shape index (κ2) is 7.50. The van der Waals surface area contributed by atoms with Crippen LogP contribution in [0.3, 0.4) is 0 Å². The Kier molecular flexibility index (Phi) is 5.32. The maximum atomic E-state index is 12.8. The Balaban J connectivity index is 1.76. The number of aliphatic carboxylic acids is 1. The highest BCUT2D eigenvalue weighted by Gasteiger charge is 2.51. The van der Waals surface area contributed by atoms with Gasteiger partial charge in [0.2, 0.25) is 11.8 Å². The number of rotatable bonds is 6. The van der Waals surface area contributed by atoms with Crippen LogP contribution in [0.5, 0.6) is 0 Å². The minimum Gasteiger partial charge on any atom is -0.481 e. The Morgan fingerprint density at radius 1 is 1.15 bits per heavy atom. The third-order valence-corrected chi connectivity index (χ3v) is 5.36. The Hall–Kier alpha value is -2.34. The molecular formula is C19H21ClN2O4. The molecule has 3 N–H and O–H groups in total. The lowest BCUT2D eigenvalue weighted by molar-refractivity contribution is -0.146. The fraction of sp³-hybridized carbons (Fsp3) is 0.421.